The summed E-state index contributed by atoms with van der Waals surface area (Å²) in [7, 11) is 0. The molecule has 0 aliphatic rings. The molecular weight excluding hydrogens is 1110 g/mol. The molecule has 0 saturated carbocycles. The predicted molar refractivity (Wildman–Crippen MR) is 312 cm³/mol. The Morgan fingerprint density at radius 1 is 0.590 bits per heavy atom. The molecule has 448 valence electrons. The van der Waals surface area contributed by atoms with Gasteiger partial charge in [0.05, 0.1) is 18.7 Å². The number of nitrogens with zero attached hydrogens (tertiary/aromatic N) is 3. The topological polar surface area (TPSA) is 454 Å². The first-order chi connectivity index (χ1) is 39.5. The molecular formula is C53H73N17O11S2. The third-order valence-electron chi connectivity index (χ3n) is 13.0. The number of fused-ring (bicyclic) bond motifs is 1. The van der Waals surface area contributed by atoms with E-state index in [0.717, 1.165) is 0 Å². The number of thiol groups is 2. The summed E-state index contributed by atoms with van der Waals surface area (Å²) >= 11 is 8.07. The highest BCUT2D eigenvalue weighted by Crippen LogP contribution is 2.20. The van der Waals surface area contributed by atoms with E-state index in [1.165, 1.54) is 56.2 Å². The maximum absolute atomic E-state index is 15.0. The van der Waals surface area contributed by atoms with Crippen molar-refractivity contribution in [3.63, 3.8) is 0 Å². The molecule has 0 fully saturated rings. The number of aromatic nitrogens is 5. The van der Waals surface area contributed by atoms with Crippen LogP contribution in [0, 0.1) is 5.92 Å². The molecule has 30 heteroatoms. The van der Waals surface area contributed by atoms with Crippen molar-refractivity contribution in [1.29, 1.82) is 0 Å². The van der Waals surface area contributed by atoms with E-state index in [4.69, 9.17) is 17.2 Å². The van der Waals surface area contributed by atoms with Crippen LogP contribution in [0.3, 0.4) is 0 Å². The van der Waals surface area contributed by atoms with Crippen LogP contribution in [0.2, 0.25) is 0 Å². The maximum atomic E-state index is 15.0. The van der Waals surface area contributed by atoms with Crippen molar-refractivity contribution in [3.8, 4) is 5.75 Å². The lowest BCUT2D eigenvalue weighted by atomic mass is 9.99. The number of aliphatic imine (C=N–C) groups is 1. The number of guanidine groups is 1. The van der Waals surface area contributed by atoms with Crippen LogP contribution in [-0.2, 0) is 68.8 Å². The van der Waals surface area contributed by atoms with Gasteiger partial charge in [-0.3, -0.25) is 43.3 Å². The highest BCUT2D eigenvalue weighted by Gasteiger charge is 2.36. The normalized spacial score (nSPS) is 14.4. The van der Waals surface area contributed by atoms with Crippen LogP contribution in [0.25, 0.3) is 10.9 Å². The zero-order valence-corrected chi connectivity index (χ0v) is 47.7. The van der Waals surface area contributed by atoms with E-state index >= 15 is 4.79 Å². The molecule has 19 N–H and O–H groups in total. The first-order valence-electron chi connectivity index (χ1n) is 26.5. The van der Waals surface area contributed by atoms with Crippen LogP contribution < -0.4 is 59.7 Å². The third kappa shape index (κ3) is 20.7. The van der Waals surface area contributed by atoms with Crippen molar-refractivity contribution in [2.45, 2.75) is 120 Å². The number of imidazole rings is 2. The fraction of sp³-hybridized carbons (Fsp3) is 0.434. The number of carboxylic acid groups (broad SMARTS) is 1. The number of carbonyl (C=O) groups excluding carboxylic acids is 8. The second-order valence-electron chi connectivity index (χ2n) is 20.0. The van der Waals surface area contributed by atoms with E-state index in [2.05, 4.69) is 97.7 Å². The molecule has 9 atom stereocenters. The number of benzene rings is 2. The molecule has 0 saturated heterocycles. The smallest absolute Gasteiger partial charge is 0.327 e. The van der Waals surface area contributed by atoms with E-state index in [9.17, 15) is 48.6 Å². The van der Waals surface area contributed by atoms with Gasteiger partial charge >= 0.3 is 5.97 Å². The van der Waals surface area contributed by atoms with Gasteiger partial charge in [0.15, 0.2) is 5.96 Å². The number of H-pyrrole nitrogens is 3. The van der Waals surface area contributed by atoms with E-state index in [1.54, 1.807) is 32.2 Å². The SMILES string of the molecule is CC(C)C[C@H](NC(=O)[C@H](Cc1cnc[nH]1)NC(=O)[C@H](CCCN=C(N)N)NC(=O)[C@@H](N)CS)C(=O)N[C@@H](Cc1c[nH]c2ccccc12)C(=O)N[C@@H](Cc1ccc(O)cc1)C(=O)N[C@@H](Cc1cnc[nH]1)C(=O)N[C@@H](C)C(=O)N[C@@H](CS)C(=O)O. The molecule has 2 aromatic carbocycles. The third-order valence-corrected chi connectivity index (χ3v) is 13.7. The average Bonchev–Trinajstić information content (AvgIpc) is 4.30. The number of nitrogens with two attached hydrogens (primary N) is 3. The molecule has 0 aliphatic heterocycles. The summed E-state index contributed by atoms with van der Waals surface area (Å²) in [6.07, 6.45) is 6.78. The fourth-order valence-corrected chi connectivity index (χ4v) is 8.93. The van der Waals surface area contributed by atoms with Gasteiger partial charge in [0.25, 0.3) is 0 Å². The van der Waals surface area contributed by atoms with Gasteiger partial charge in [-0.15, -0.1) is 0 Å². The Labute approximate surface area is 488 Å². The molecule has 5 rings (SSSR count). The number of aromatic hydroxyl groups is 1. The summed E-state index contributed by atoms with van der Waals surface area (Å²) in [6, 6.07) is 0.912. The van der Waals surface area contributed by atoms with Crippen molar-refractivity contribution in [2.75, 3.05) is 18.1 Å². The number of nitrogens with one attached hydrogen (secondary N) is 11. The Bertz CT molecular complexity index is 3010. The monoisotopic (exact) mass is 1190 g/mol. The molecule has 3 aromatic heterocycles. The van der Waals surface area contributed by atoms with Crippen LogP contribution in [0.15, 0.2) is 84.8 Å². The lowest BCUT2D eigenvalue weighted by Crippen LogP contribution is -2.61. The first kappa shape index (κ1) is 65.2. The molecule has 28 nitrogen and oxygen atoms in total. The van der Waals surface area contributed by atoms with Crippen molar-refractivity contribution in [3.05, 3.63) is 102 Å². The Kier molecular flexibility index (Phi) is 25.2. The largest absolute Gasteiger partial charge is 0.508 e. The lowest BCUT2D eigenvalue weighted by Gasteiger charge is -2.28. The van der Waals surface area contributed by atoms with Crippen molar-refractivity contribution in [2.24, 2.45) is 28.1 Å². The van der Waals surface area contributed by atoms with E-state index < -0.39 is 108 Å². The molecule has 8 amide bonds. The summed E-state index contributed by atoms with van der Waals surface area (Å²) in [4.78, 5) is 146. The molecule has 0 unspecified atom stereocenters. The minimum absolute atomic E-state index is 0.0239. The Morgan fingerprint density at radius 2 is 1.08 bits per heavy atom. The second-order valence-corrected chi connectivity index (χ2v) is 20.8. The van der Waals surface area contributed by atoms with Gasteiger partial charge in [-0.25, -0.2) is 14.8 Å². The number of aliphatic carboxylic acids is 1. The minimum Gasteiger partial charge on any atom is -0.508 e. The average molecular weight is 1190 g/mol. The summed E-state index contributed by atoms with van der Waals surface area (Å²) < 4.78 is 0. The molecule has 0 aliphatic carbocycles. The Hall–Kier alpha value is -8.64. The summed E-state index contributed by atoms with van der Waals surface area (Å²) in [5, 5.41) is 41.4. The predicted octanol–water partition coefficient (Wildman–Crippen LogP) is -2.14. The summed E-state index contributed by atoms with van der Waals surface area (Å²) in [5.41, 5.74) is 19.4. The van der Waals surface area contributed by atoms with Gasteiger partial charge in [-0.05, 0) is 61.4 Å². The van der Waals surface area contributed by atoms with Gasteiger partial charge in [0, 0.05) is 84.6 Å². The van der Waals surface area contributed by atoms with Crippen molar-refractivity contribution < 1.29 is 53.4 Å². The number of carboxylic acids is 1. The lowest BCUT2D eigenvalue weighted by molar-refractivity contribution is -0.141. The fourth-order valence-electron chi connectivity index (χ4n) is 8.52. The zero-order chi connectivity index (χ0) is 60.8. The quantitative estimate of drug-likeness (QED) is 0.00923. The van der Waals surface area contributed by atoms with E-state index in [1.807, 2.05) is 12.1 Å². The first-order valence-corrected chi connectivity index (χ1v) is 27.8. The number of amides is 8. The molecule has 5 aromatic rings. The highest BCUT2D eigenvalue weighted by atomic mass is 32.1. The molecule has 0 radical (unpaired) electrons. The van der Waals surface area contributed by atoms with Gasteiger partial charge in [-0.1, -0.05) is 44.2 Å². The number of hydrogen-bond donors (Lipinski definition) is 18. The zero-order valence-electron chi connectivity index (χ0n) is 45.9. The molecule has 0 spiro atoms. The molecule has 83 heavy (non-hydrogen) atoms. The van der Waals surface area contributed by atoms with Gasteiger partial charge < -0.3 is 84.9 Å². The minimum atomic E-state index is -1.49. The van der Waals surface area contributed by atoms with Gasteiger partial charge in [-0.2, -0.15) is 25.3 Å². The summed E-state index contributed by atoms with van der Waals surface area (Å²) in [6.45, 7) is 5.03. The Morgan fingerprint density at radius 3 is 1.60 bits per heavy atom. The maximum Gasteiger partial charge on any atom is 0.327 e. The van der Waals surface area contributed by atoms with E-state index in [-0.39, 0.29) is 80.6 Å². The molecule has 0 bridgehead atoms. The van der Waals surface area contributed by atoms with Gasteiger partial charge in [0.1, 0.15) is 54.1 Å². The van der Waals surface area contributed by atoms with Crippen molar-refractivity contribution >= 4 is 95.3 Å². The summed E-state index contributed by atoms with van der Waals surface area (Å²) in [5.74, 6) is -8.70. The Balaban J connectivity index is 1.46. The number of para-hydroxylation sites is 1. The standard InChI is InChI=1S/C53H73N17O11S2/c1-27(2)15-38(65-51(79)42(19-32-22-58-26-62-32)68-46(74)37(9-6-14-59-53(55)56)64-45(73)35(54)23-82)48(76)67-40(17-30-20-60-36-8-5-4-7-34(30)36)50(78)66-39(16-29-10-12-33(71)13-11-29)49(77)69-41(18-31-21-57-25-61-31)47(75)63-28(3)44(72)70-43(24-83)52(80)81/h4-5,7-8,10-13,20-22,25-28,35,37-43,60,71,82-83H,6,9,14-19,23-24,54H2,1-3H3,(H,57,61)(H,58,62)(H,63,75)(H,64,73)(H,65,79)(H,66,78)(H,67,76)(H,68,74)(H,69,77)(H,70,72)(H,80,81)(H4,55,56,59)/t28-,35-,37-,38-,39-,40-,41-,42-,43-/m0/s1. The number of carbonyl (C=O) groups is 9. The van der Waals surface area contributed by atoms with E-state index in [0.29, 0.717) is 33.4 Å². The van der Waals surface area contributed by atoms with Crippen LogP contribution in [0.1, 0.15) is 62.5 Å². The number of phenolic OH excluding ortho intramolecular Hbond substituents is 1. The second kappa shape index (κ2) is 32.1. The highest BCUT2D eigenvalue weighted by molar-refractivity contribution is 7.80. The van der Waals surface area contributed by atoms with Crippen LogP contribution in [0.5, 0.6) is 5.75 Å². The molecule has 3 heterocycles. The van der Waals surface area contributed by atoms with Crippen molar-refractivity contribution in [1.82, 2.24) is 67.5 Å². The van der Waals surface area contributed by atoms with Crippen LogP contribution in [-0.4, -0.2) is 167 Å². The number of aromatic amines is 3. The number of hydrogen-bond acceptors (Lipinski definition) is 16. The van der Waals surface area contributed by atoms with Gasteiger partial charge in [0.2, 0.25) is 47.3 Å². The number of phenols is 1. The van der Waals surface area contributed by atoms with Crippen LogP contribution in [0.4, 0.5) is 0 Å². The number of rotatable bonds is 33. The van der Waals surface area contributed by atoms with Crippen LogP contribution >= 0.6 is 25.3 Å².